The van der Waals surface area contributed by atoms with Crippen LogP contribution in [-0.4, -0.2) is 13.4 Å². The van der Waals surface area contributed by atoms with E-state index in [0.29, 0.717) is 11.4 Å². The molecule has 0 aliphatic carbocycles. The lowest BCUT2D eigenvalue weighted by Gasteiger charge is -2.06. The van der Waals surface area contributed by atoms with Gasteiger partial charge in [0.25, 0.3) is 0 Å². The maximum Gasteiger partial charge on any atom is 0.186 e. The van der Waals surface area contributed by atoms with Crippen LogP contribution in [0.1, 0.15) is 11.4 Å². The maximum atomic E-state index is 13.6. The summed E-state index contributed by atoms with van der Waals surface area (Å²) in [5.74, 6) is -1.18. The lowest BCUT2D eigenvalue weighted by atomic mass is 10.3. The minimum atomic E-state index is -3.77. The zero-order chi connectivity index (χ0) is 14.0. The molecule has 0 saturated heterocycles. The van der Waals surface area contributed by atoms with Crippen molar-refractivity contribution in [3.63, 3.8) is 0 Å². The Bertz CT molecular complexity index is 714. The number of aryl methyl sites for hydroxylation is 1. The third kappa shape index (κ3) is 3.08. The molecule has 0 radical (unpaired) electrons. The molecule has 0 unspecified atom stereocenters. The summed E-state index contributed by atoms with van der Waals surface area (Å²) in [5, 5.41) is 0. The van der Waals surface area contributed by atoms with Gasteiger partial charge < -0.3 is 5.73 Å². The number of halogens is 1. The number of pyridine rings is 1. The highest BCUT2D eigenvalue weighted by atomic mass is 32.2. The zero-order valence-corrected chi connectivity index (χ0v) is 11.1. The second-order valence-corrected chi connectivity index (χ2v) is 6.18. The van der Waals surface area contributed by atoms with E-state index in [4.69, 9.17) is 5.73 Å². The summed E-state index contributed by atoms with van der Waals surface area (Å²) in [6.07, 6.45) is 0. The second kappa shape index (κ2) is 4.97. The van der Waals surface area contributed by atoms with E-state index in [2.05, 4.69) is 4.98 Å². The summed E-state index contributed by atoms with van der Waals surface area (Å²) < 4.78 is 37.9. The minimum Gasteiger partial charge on any atom is -0.399 e. The van der Waals surface area contributed by atoms with E-state index in [9.17, 15) is 12.8 Å². The van der Waals surface area contributed by atoms with Crippen LogP contribution in [0.2, 0.25) is 0 Å². The van der Waals surface area contributed by atoms with E-state index in [-0.39, 0.29) is 16.3 Å². The fourth-order valence-electron chi connectivity index (χ4n) is 1.72. The number of rotatable bonds is 3. The predicted molar refractivity (Wildman–Crippen MR) is 70.7 cm³/mol. The van der Waals surface area contributed by atoms with Gasteiger partial charge in [-0.25, -0.2) is 12.8 Å². The first-order valence-corrected chi connectivity index (χ1v) is 7.24. The smallest absolute Gasteiger partial charge is 0.186 e. The van der Waals surface area contributed by atoms with E-state index >= 15 is 0 Å². The van der Waals surface area contributed by atoms with Gasteiger partial charge in [0, 0.05) is 11.4 Å². The number of hydrogen-bond acceptors (Lipinski definition) is 4. The lowest BCUT2D eigenvalue weighted by Crippen LogP contribution is -2.09. The number of hydrogen-bond donors (Lipinski definition) is 1. The van der Waals surface area contributed by atoms with Crippen LogP contribution in [0.3, 0.4) is 0 Å². The Morgan fingerprint density at radius 1 is 1.26 bits per heavy atom. The quantitative estimate of drug-likeness (QED) is 0.874. The molecule has 2 aromatic rings. The fourth-order valence-corrected chi connectivity index (χ4v) is 3.06. The molecular weight excluding hydrogens is 267 g/mol. The number of benzene rings is 1. The predicted octanol–water partition coefficient (Wildman–Crippen LogP) is 2.09. The number of anilines is 1. The van der Waals surface area contributed by atoms with Crippen molar-refractivity contribution < 1.29 is 12.8 Å². The Morgan fingerprint density at radius 2 is 2.00 bits per heavy atom. The van der Waals surface area contributed by atoms with Crippen molar-refractivity contribution >= 4 is 15.5 Å². The molecule has 0 amide bonds. The van der Waals surface area contributed by atoms with Crippen molar-refractivity contribution in [2.75, 3.05) is 5.73 Å². The Labute approximate surface area is 111 Å². The molecule has 19 heavy (non-hydrogen) atoms. The highest BCUT2D eigenvalue weighted by Crippen LogP contribution is 2.21. The van der Waals surface area contributed by atoms with E-state index in [1.807, 2.05) is 0 Å². The van der Waals surface area contributed by atoms with Gasteiger partial charge in [-0.1, -0.05) is 6.07 Å². The number of nitrogens with two attached hydrogens (primary N) is 1. The van der Waals surface area contributed by atoms with Gasteiger partial charge in [-0.2, -0.15) is 0 Å². The molecule has 0 spiro atoms. The summed E-state index contributed by atoms with van der Waals surface area (Å²) in [6.45, 7) is 1.76. The Morgan fingerprint density at radius 3 is 2.63 bits per heavy atom. The van der Waals surface area contributed by atoms with Crippen LogP contribution < -0.4 is 5.73 Å². The van der Waals surface area contributed by atoms with Crippen molar-refractivity contribution in [1.29, 1.82) is 0 Å². The third-order valence-corrected chi connectivity index (χ3v) is 4.25. The van der Waals surface area contributed by atoms with Gasteiger partial charge in [-0.05, 0) is 37.3 Å². The molecule has 1 heterocycles. The van der Waals surface area contributed by atoms with Crippen molar-refractivity contribution in [3.05, 3.63) is 53.6 Å². The van der Waals surface area contributed by atoms with E-state index in [0.717, 1.165) is 6.07 Å². The van der Waals surface area contributed by atoms with Crippen LogP contribution in [0, 0.1) is 12.7 Å². The first-order valence-electron chi connectivity index (χ1n) is 5.59. The number of nitrogens with zero attached hydrogens (tertiary/aromatic N) is 1. The maximum absolute atomic E-state index is 13.6. The van der Waals surface area contributed by atoms with Crippen LogP contribution in [0.4, 0.5) is 10.1 Å². The zero-order valence-electron chi connectivity index (χ0n) is 10.3. The highest BCUT2D eigenvalue weighted by Gasteiger charge is 2.20. The molecule has 4 nitrogen and oxygen atoms in total. The van der Waals surface area contributed by atoms with Crippen LogP contribution in [0.25, 0.3) is 0 Å². The Hall–Kier alpha value is -1.95. The topological polar surface area (TPSA) is 73.0 Å². The largest absolute Gasteiger partial charge is 0.399 e. The first kappa shape index (κ1) is 13.5. The van der Waals surface area contributed by atoms with Gasteiger partial charge in [-0.3, -0.25) is 4.98 Å². The summed E-state index contributed by atoms with van der Waals surface area (Å²) in [6, 6.07) is 8.61. The van der Waals surface area contributed by atoms with Crippen molar-refractivity contribution in [1.82, 2.24) is 4.98 Å². The molecule has 2 N–H and O–H groups in total. The normalized spacial score (nSPS) is 11.5. The van der Waals surface area contributed by atoms with Gasteiger partial charge in [0.1, 0.15) is 10.7 Å². The summed E-state index contributed by atoms with van der Waals surface area (Å²) in [4.78, 5) is 3.75. The van der Waals surface area contributed by atoms with Crippen molar-refractivity contribution in [3.8, 4) is 0 Å². The minimum absolute atomic E-state index is 0.185. The second-order valence-electron chi connectivity index (χ2n) is 4.22. The third-order valence-electron chi connectivity index (χ3n) is 2.57. The average Bonchev–Trinajstić information content (AvgIpc) is 2.27. The van der Waals surface area contributed by atoms with Crippen molar-refractivity contribution in [2.24, 2.45) is 0 Å². The number of sulfone groups is 1. The monoisotopic (exact) mass is 280 g/mol. The van der Waals surface area contributed by atoms with Gasteiger partial charge in [0.05, 0.1) is 11.4 Å². The molecule has 2 rings (SSSR count). The van der Waals surface area contributed by atoms with Gasteiger partial charge in [0.2, 0.25) is 0 Å². The molecule has 1 aromatic carbocycles. The van der Waals surface area contributed by atoms with E-state index in [1.165, 1.54) is 12.1 Å². The summed E-state index contributed by atoms with van der Waals surface area (Å²) >= 11 is 0. The standard InChI is InChI=1S/C13H13FN2O2S/c1-9-3-2-4-11(16-9)8-19(17,18)13-6-5-10(15)7-12(13)14/h2-7H,8,15H2,1H3. The molecular formula is C13H13FN2O2S. The number of aromatic nitrogens is 1. The van der Waals surface area contributed by atoms with Crippen LogP contribution in [-0.2, 0) is 15.6 Å². The van der Waals surface area contributed by atoms with Gasteiger partial charge in [0.15, 0.2) is 9.84 Å². The number of nitrogen functional groups attached to an aromatic ring is 1. The first-order chi connectivity index (χ1) is 8.88. The van der Waals surface area contributed by atoms with Crippen LogP contribution in [0.15, 0.2) is 41.3 Å². The molecule has 6 heteroatoms. The Balaban J connectivity index is 2.38. The van der Waals surface area contributed by atoms with Gasteiger partial charge >= 0.3 is 0 Å². The molecule has 100 valence electrons. The molecule has 0 aliphatic heterocycles. The summed E-state index contributed by atoms with van der Waals surface area (Å²) in [5.41, 5.74) is 6.68. The van der Waals surface area contributed by atoms with Crippen LogP contribution in [0.5, 0.6) is 0 Å². The molecule has 0 bridgehead atoms. The Kier molecular flexibility index (Phi) is 3.53. The lowest BCUT2D eigenvalue weighted by molar-refractivity contribution is 0.566. The molecule has 0 saturated carbocycles. The van der Waals surface area contributed by atoms with E-state index in [1.54, 1.807) is 25.1 Å². The molecule has 0 aliphatic rings. The molecule has 0 fully saturated rings. The molecule has 0 atom stereocenters. The van der Waals surface area contributed by atoms with Crippen molar-refractivity contribution in [2.45, 2.75) is 17.6 Å². The fraction of sp³-hybridized carbons (Fsp3) is 0.154. The average molecular weight is 280 g/mol. The highest BCUT2D eigenvalue weighted by molar-refractivity contribution is 7.90. The van der Waals surface area contributed by atoms with Crippen LogP contribution >= 0.6 is 0 Å². The van der Waals surface area contributed by atoms with Gasteiger partial charge in [-0.15, -0.1) is 0 Å². The SMILES string of the molecule is Cc1cccc(CS(=O)(=O)c2ccc(N)cc2F)n1. The molecule has 1 aromatic heterocycles. The van der Waals surface area contributed by atoms with E-state index < -0.39 is 15.7 Å². The summed E-state index contributed by atoms with van der Waals surface area (Å²) in [7, 11) is -3.77.